The molecule has 3 N–H and O–H groups in total. The number of aliphatic imine (C=N–C) groups is 1. The highest BCUT2D eigenvalue weighted by Gasteiger charge is 2.09. The van der Waals surface area contributed by atoms with E-state index in [4.69, 9.17) is 10.5 Å². The molecular formula is C16H24N4O. The Morgan fingerprint density at radius 2 is 2.10 bits per heavy atom. The molecule has 0 unspecified atom stereocenters. The molecular weight excluding hydrogens is 264 g/mol. The highest BCUT2D eigenvalue weighted by Crippen LogP contribution is 2.28. The fraction of sp³-hybridized carbons (Fsp3) is 0.438. The molecule has 21 heavy (non-hydrogen) atoms. The first-order valence-corrected chi connectivity index (χ1v) is 7.39. The molecule has 0 fully saturated rings. The number of aromatic nitrogens is 1. The van der Waals surface area contributed by atoms with Crippen molar-refractivity contribution in [1.29, 1.82) is 0 Å². The summed E-state index contributed by atoms with van der Waals surface area (Å²) in [5.41, 5.74) is 8.29. The van der Waals surface area contributed by atoms with E-state index in [2.05, 4.69) is 34.8 Å². The predicted octanol–water partition coefficient (Wildman–Crippen LogP) is 2.38. The van der Waals surface area contributed by atoms with Crippen LogP contribution in [0.4, 0.5) is 0 Å². The van der Waals surface area contributed by atoms with Gasteiger partial charge in [-0.25, -0.2) is 0 Å². The van der Waals surface area contributed by atoms with Crippen LogP contribution in [-0.4, -0.2) is 42.6 Å². The van der Waals surface area contributed by atoms with Crippen molar-refractivity contribution in [3.8, 4) is 5.75 Å². The summed E-state index contributed by atoms with van der Waals surface area (Å²) in [6.07, 6.45) is 2.86. The van der Waals surface area contributed by atoms with E-state index in [9.17, 15) is 0 Å². The van der Waals surface area contributed by atoms with Gasteiger partial charge in [0.25, 0.3) is 0 Å². The predicted molar refractivity (Wildman–Crippen MR) is 88.0 cm³/mol. The highest BCUT2D eigenvalue weighted by atomic mass is 16.5. The number of nitrogens with zero attached hydrogens (tertiary/aromatic N) is 2. The van der Waals surface area contributed by atoms with Crippen molar-refractivity contribution in [2.24, 2.45) is 10.7 Å². The molecule has 5 nitrogen and oxygen atoms in total. The number of hydrogen-bond acceptors (Lipinski definition) is 2. The standard InChI is InChI=1S/C16H24N4O/c1-4-20(5-2)16(17)18-10-9-12-11-19-13-7-6-8-14(21-3)15(12)13/h6-8,11,19H,4-5,9-10H2,1-3H3,(H2,17,18). The summed E-state index contributed by atoms with van der Waals surface area (Å²) in [6.45, 7) is 6.60. The largest absolute Gasteiger partial charge is 0.496 e. The number of benzene rings is 1. The van der Waals surface area contributed by atoms with Crippen LogP contribution in [0, 0.1) is 0 Å². The zero-order valence-corrected chi connectivity index (χ0v) is 13.0. The van der Waals surface area contributed by atoms with E-state index in [0.717, 1.165) is 36.2 Å². The maximum atomic E-state index is 5.99. The summed E-state index contributed by atoms with van der Waals surface area (Å²) < 4.78 is 5.44. The molecule has 0 atom stereocenters. The third kappa shape index (κ3) is 3.29. The Bertz CT molecular complexity index is 614. The Labute approximate surface area is 125 Å². The van der Waals surface area contributed by atoms with Crippen molar-refractivity contribution < 1.29 is 4.74 Å². The first-order valence-electron chi connectivity index (χ1n) is 7.39. The molecule has 2 aromatic rings. The molecule has 2 rings (SSSR count). The van der Waals surface area contributed by atoms with Crippen molar-refractivity contribution in [1.82, 2.24) is 9.88 Å². The van der Waals surface area contributed by atoms with Crippen LogP contribution < -0.4 is 10.5 Å². The van der Waals surface area contributed by atoms with E-state index >= 15 is 0 Å². The number of rotatable bonds is 6. The summed E-state index contributed by atoms with van der Waals surface area (Å²) in [6, 6.07) is 6.01. The number of ether oxygens (including phenoxy) is 1. The average Bonchev–Trinajstić information content (AvgIpc) is 2.92. The maximum Gasteiger partial charge on any atom is 0.191 e. The van der Waals surface area contributed by atoms with Gasteiger partial charge < -0.3 is 20.4 Å². The van der Waals surface area contributed by atoms with Gasteiger partial charge in [0.2, 0.25) is 0 Å². The quantitative estimate of drug-likeness (QED) is 0.633. The van der Waals surface area contributed by atoms with Crippen LogP contribution in [0.15, 0.2) is 29.4 Å². The number of H-pyrrole nitrogens is 1. The Hall–Kier alpha value is -2.17. The minimum Gasteiger partial charge on any atom is -0.496 e. The van der Waals surface area contributed by atoms with Gasteiger partial charge in [0.1, 0.15) is 5.75 Å². The van der Waals surface area contributed by atoms with Gasteiger partial charge in [-0.1, -0.05) is 6.07 Å². The molecule has 0 aliphatic rings. The first-order chi connectivity index (χ1) is 10.2. The van der Waals surface area contributed by atoms with Gasteiger partial charge >= 0.3 is 0 Å². The molecule has 0 saturated heterocycles. The SMILES string of the molecule is CCN(CC)C(N)=NCCc1c[nH]c2cccc(OC)c12. The zero-order chi connectivity index (χ0) is 15.2. The monoisotopic (exact) mass is 288 g/mol. The Kier molecular flexibility index (Phi) is 5.09. The van der Waals surface area contributed by atoms with Crippen LogP contribution in [-0.2, 0) is 6.42 Å². The molecule has 5 heteroatoms. The van der Waals surface area contributed by atoms with Gasteiger partial charge in [-0.3, -0.25) is 4.99 Å². The summed E-state index contributed by atoms with van der Waals surface area (Å²) in [4.78, 5) is 9.80. The molecule has 0 saturated carbocycles. The van der Waals surface area contributed by atoms with E-state index in [1.807, 2.05) is 18.3 Å². The van der Waals surface area contributed by atoms with Crippen LogP contribution >= 0.6 is 0 Å². The van der Waals surface area contributed by atoms with E-state index in [1.54, 1.807) is 7.11 Å². The van der Waals surface area contributed by atoms with Crippen LogP contribution in [0.25, 0.3) is 10.9 Å². The number of hydrogen-bond donors (Lipinski definition) is 2. The maximum absolute atomic E-state index is 5.99. The summed E-state index contributed by atoms with van der Waals surface area (Å²) in [5.74, 6) is 1.51. The molecule has 1 heterocycles. The fourth-order valence-electron chi connectivity index (χ4n) is 2.53. The third-order valence-corrected chi connectivity index (χ3v) is 3.71. The van der Waals surface area contributed by atoms with Gasteiger partial charge in [0, 0.05) is 36.7 Å². The summed E-state index contributed by atoms with van der Waals surface area (Å²) >= 11 is 0. The number of methoxy groups -OCH3 is 1. The number of nitrogens with one attached hydrogen (secondary N) is 1. The number of guanidine groups is 1. The average molecular weight is 288 g/mol. The van der Waals surface area contributed by atoms with Crippen LogP contribution in [0.1, 0.15) is 19.4 Å². The molecule has 0 spiro atoms. The third-order valence-electron chi connectivity index (χ3n) is 3.71. The van der Waals surface area contributed by atoms with Crippen molar-refractivity contribution in [2.45, 2.75) is 20.3 Å². The van der Waals surface area contributed by atoms with Gasteiger partial charge in [0.05, 0.1) is 7.11 Å². The Balaban J connectivity index is 2.12. The van der Waals surface area contributed by atoms with E-state index in [0.29, 0.717) is 12.5 Å². The molecule has 114 valence electrons. The minimum absolute atomic E-state index is 0.617. The van der Waals surface area contributed by atoms with Gasteiger partial charge in [-0.15, -0.1) is 0 Å². The lowest BCUT2D eigenvalue weighted by molar-refractivity contribution is 0.419. The molecule has 1 aromatic heterocycles. The first kappa shape index (κ1) is 15.2. The van der Waals surface area contributed by atoms with Crippen molar-refractivity contribution in [3.63, 3.8) is 0 Å². The Morgan fingerprint density at radius 1 is 1.33 bits per heavy atom. The topological polar surface area (TPSA) is 66.6 Å². The van der Waals surface area contributed by atoms with Crippen molar-refractivity contribution in [3.05, 3.63) is 30.0 Å². The lowest BCUT2D eigenvalue weighted by atomic mass is 10.1. The lowest BCUT2D eigenvalue weighted by Gasteiger charge is -2.19. The second-order valence-corrected chi connectivity index (χ2v) is 4.86. The van der Waals surface area contributed by atoms with Crippen LogP contribution in [0.5, 0.6) is 5.75 Å². The fourth-order valence-corrected chi connectivity index (χ4v) is 2.53. The molecule has 0 aliphatic carbocycles. The highest BCUT2D eigenvalue weighted by molar-refractivity contribution is 5.89. The number of nitrogens with two attached hydrogens (primary N) is 1. The zero-order valence-electron chi connectivity index (χ0n) is 13.0. The van der Waals surface area contributed by atoms with Gasteiger partial charge in [0.15, 0.2) is 5.96 Å². The van der Waals surface area contributed by atoms with Gasteiger partial charge in [-0.2, -0.15) is 0 Å². The van der Waals surface area contributed by atoms with E-state index < -0.39 is 0 Å². The van der Waals surface area contributed by atoms with Gasteiger partial charge in [-0.05, 0) is 38.0 Å². The minimum atomic E-state index is 0.617. The normalized spacial score (nSPS) is 11.9. The number of aromatic amines is 1. The molecule has 1 aromatic carbocycles. The molecule has 0 radical (unpaired) electrons. The van der Waals surface area contributed by atoms with E-state index in [-0.39, 0.29) is 0 Å². The smallest absolute Gasteiger partial charge is 0.191 e. The second kappa shape index (κ2) is 7.02. The number of fused-ring (bicyclic) bond motifs is 1. The summed E-state index contributed by atoms with van der Waals surface area (Å²) in [5, 5.41) is 1.14. The van der Waals surface area contributed by atoms with E-state index in [1.165, 1.54) is 5.56 Å². The molecule has 0 amide bonds. The van der Waals surface area contributed by atoms with Crippen molar-refractivity contribution >= 4 is 16.9 Å². The Morgan fingerprint density at radius 3 is 2.76 bits per heavy atom. The molecule has 0 bridgehead atoms. The second-order valence-electron chi connectivity index (χ2n) is 4.86. The van der Waals surface area contributed by atoms with Crippen LogP contribution in [0.2, 0.25) is 0 Å². The molecule has 0 aliphatic heterocycles. The lowest BCUT2D eigenvalue weighted by Crippen LogP contribution is -2.37. The van der Waals surface area contributed by atoms with Crippen LogP contribution in [0.3, 0.4) is 0 Å². The van der Waals surface area contributed by atoms with Crippen molar-refractivity contribution in [2.75, 3.05) is 26.7 Å². The summed E-state index contributed by atoms with van der Waals surface area (Å²) in [7, 11) is 1.70.